The van der Waals surface area contributed by atoms with E-state index in [0.717, 1.165) is 5.56 Å². The third-order valence-corrected chi connectivity index (χ3v) is 3.80. The molecule has 0 radical (unpaired) electrons. The van der Waals surface area contributed by atoms with Crippen LogP contribution < -0.4 is 10.8 Å². The van der Waals surface area contributed by atoms with Crippen LogP contribution in [-0.4, -0.2) is 6.21 Å². The van der Waals surface area contributed by atoms with Crippen LogP contribution in [0, 0.1) is 0 Å². The summed E-state index contributed by atoms with van der Waals surface area (Å²) in [5.74, 6) is 0. The van der Waals surface area contributed by atoms with Gasteiger partial charge in [0.25, 0.3) is 7.44 Å². The van der Waals surface area contributed by atoms with Crippen molar-refractivity contribution in [3.8, 4) is 0 Å². The van der Waals surface area contributed by atoms with Gasteiger partial charge in [0.1, 0.15) is 0 Å². The lowest BCUT2D eigenvalue weighted by atomic mass is 10.2. The van der Waals surface area contributed by atoms with Gasteiger partial charge in [-0.05, 0) is 17.7 Å². The average Bonchev–Trinajstić information content (AvgIpc) is 2.39. The van der Waals surface area contributed by atoms with Gasteiger partial charge in [-0.2, -0.15) is 0 Å². The lowest BCUT2D eigenvalue weighted by Crippen LogP contribution is -2.09. The van der Waals surface area contributed by atoms with Crippen molar-refractivity contribution < 1.29 is 4.57 Å². The molecule has 0 heterocycles. The highest BCUT2D eigenvalue weighted by atomic mass is 31.2. The minimum Gasteiger partial charge on any atom is -0.276 e. The van der Waals surface area contributed by atoms with Gasteiger partial charge >= 0.3 is 0 Å². The van der Waals surface area contributed by atoms with Crippen LogP contribution in [0.3, 0.4) is 0 Å². The monoisotopic (exact) mass is 244 g/mol. The fourth-order valence-corrected chi connectivity index (χ4v) is 2.44. The van der Waals surface area contributed by atoms with Crippen molar-refractivity contribution in [1.29, 1.82) is 0 Å². The molecule has 2 aromatic carbocycles. The summed E-state index contributed by atoms with van der Waals surface area (Å²) in [5, 5.41) is 0.562. The van der Waals surface area contributed by atoms with Crippen LogP contribution in [0.15, 0.2) is 65.4 Å². The normalized spacial score (nSPS) is 14.6. The maximum absolute atomic E-state index is 12.2. The summed E-state index contributed by atoms with van der Waals surface area (Å²) in [6, 6.07) is 18.4. The highest BCUT2D eigenvalue weighted by Gasteiger charge is 2.15. The third kappa shape index (κ3) is 3.13. The summed E-state index contributed by atoms with van der Waals surface area (Å²) in [4.78, 5) is 0. The Morgan fingerprint density at radius 2 is 1.47 bits per heavy atom. The average molecular weight is 244 g/mol. The summed E-state index contributed by atoms with van der Waals surface area (Å²) in [7, 11) is -3.14. The first-order chi connectivity index (χ1) is 8.18. The molecule has 0 aliphatic rings. The van der Waals surface area contributed by atoms with Crippen LogP contribution in [0.4, 0.5) is 0 Å². The second-order valence-corrected chi connectivity index (χ2v) is 5.61. The van der Waals surface area contributed by atoms with E-state index in [0.29, 0.717) is 5.30 Å². The van der Waals surface area contributed by atoms with Crippen molar-refractivity contribution in [2.24, 2.45) is 10.3 Å². The van der Waals surface area contributed by atoms with Gasteiger partial charge in [0.05, 0.1) is 0 Å². The molecule has 2 N–H and O–H groups in total. The third-order valence-electron chi connectivity index (χ3n) is 2.30. The molecule has 0 aliphatic carbocycles. The standard InChI is InChI=1S/C13H13N2OP/c14-17(16,13-9-5-2-6-10-13)15-11-12-7-3-1-4-8-12/h1-11H,(H2,14,16)/b15-11+. The maximum Gasteiger partial charge on any atom is 0.281 e. The van der Waals surface area contributed by atoms with Crippen molar-refractivity contribution in [1.82, 2.24) is 0 Å². The zero-order valence-corrected chi connectivity index (χ0v) is 10.1. The molecule has 86 valence electrons. The van der Waals surface area contributed by atoms with Crippen molar-refractivity contribution in [3.05, 3.63) is 66.2 Å². The minimum atomic E-state index is -3.14. The predicted octanol–water partition coefficient (Wildman–Crippen LogP) is 2.58. The van der Waals surface area contributed by atoms with E-state index in [-0.39, 0.29) is 0 Å². The Balaban J connectivity index is 2.24. The van der Waals surface area contributed by atoms with Crippen LogP contribution >= 0.6 is 7.44 Å². The summed E-state index contributed by atoms with van der Waals surface area (Å²) in [5.41, 5.74) is 6.63. The Morgan fingerprint density at radius 1 is 0.941 bits per heavy atom. The fourth-order valence-electron chi connectivity index (χ4n) is 1.40. The van der Waals surface area contributed by atoms with Crippen molar-refractivity contribution >= 4 is 19.0 Å². The maximum atomic E-state index is 12.2. The van der Waals surface area contributed by atoms with Crippen molar-refractivity contribution in [3.63, 3.8) is 0 Å². The van der Waals surface area contributed by atoms with E-state index < -0.39 is 7.44 Å². The van der Waals surface area contributed by atoms with Crippen molar-refractivity contribution in [2.45, 2.75) is 0 Å². The van der Waals surface area contributed by atoms with E-state index in [1.165, 1.54) is 0 Å². The molecular weight excluding hydrogens is 231 g/mol. The molecule has 0 amide bonds. The molecule has 0 saturated heterocycles. The zero-order valence-electron chi connectivity index (χ0n) is 9.23. The lowest BCUT2D eigenvalue weighted by Gasteiger charge is -2.06. The van der Waals surface area contributed by atoms with E-state index in [1.807, 2.05) is 36.4 Å². The lowest BCUT2D eigenvalue weighted by molar-refractivity contribution is 0.583. The van der Waals surface area contributed by atoms with Crippen LogP contribution in [0.1, 0.15) is 5.56 Å². The SMILES string of the molecule is NP(=O)(/N=C/c1ccccc1)c1ccccc1. The smallest absolute Gasteiger partial charge is 0.276 e. The quantitative estimate of drug-likeness (QED) is 0.666. The van der Waals surface area contributed by atoms with Gasteiger partial charge in [0, 0.05) is 11.5 Å². The van der Waals surface area contributed by atoms with Gasteiger partial charge in [-0.3, -0.25) is 10.1 Å². The van der Waals surface area contributed by atoms with Crippen molar-refractivity contribution in [2.75, 3.05) is 0 Å². The Morgan fingerprint density at radius 3 is 2.06 bits per heavy atom. The van der Waals surface area contributed by atoms with E-state index in [2.05, 4.69) is 4.76 Å². The highest BCUT2D eigenvalue weighted by molar-refractivity contribution is 7.68. The molecule has 3 nitrogen and oxygen atoms in total. The van der Waals surface area contributed by atoms with Crippen LogP contribution in [-0.2, 0) is 4.57 Å². The first kappa shape index (κ1) is 11.8. The first-order valence-corrected chi connectivity index (χ1v) is 6.96. The van der Waals surface area contributed by atoms with Crippen LogP contribution in [0.25, 0.3) is 0 Å². The molecule has 2 aromatic rings. The number of nitrogens with zero attached hydrogens (tertiary/aromatic N) is 1. The minimum absolute atomic E-state index is 0.562. The Hall–Kier alpha value is -1.70. The zero-order chi connectivity index (χ0) is 12.1. The van der Waals surface area contributed by atoms with E-state index in [1.54, 1.807) is 30.5 Å². The molecule has 0 saturated carbocycles. The Labute approximate surface area is 100 Å². The number of hydrogen-bond donors (Lipinski definition) is 1. The molecule has 1 atom stereocenters. The fraction of sp³-hybridized carbons (Fsp3) is 0. The Kier molecular flexibility index (Phi) is 3.52. The van der Waals surface area contributed by atoms with Gasteiger partial charge in [-0.1, -0.05) is 48.5 Å². The molecule has 0 bridgehead atoms. The van der Waals surface area contributed by atoms with E-state index >= 15 is 0 Å². The van der Waals surface area contributed by atoms with Gasteiger partial charge in [0.2, 0.25) is 0 Å². The highest BCUT2D eigenvalue weighted by Crippen LogP contribution is 2.36. The summed E-state index contributed by atoms with van der Waals surface area (Å²) in [6.07, 6.45) is 1.55. The molecule has 2 rings (SSSR count). The summed E-state index contributed by atoms with van der Waals surface area (Å²) >= 11 is 0. The molecule has 0 aliphatic heterocycles. The topological polar surface area (TPSA) is 55.5 Å². The largest absolute Gasteiger partial charge is 0.281 e. The second kappa shape index (κ2) is 5.09. The summed E-state index contributed by atoms with van der Waals surface area (Å²) in [6.45, 7) is 0. The molecule has 1 unspecified atom stereocenters. The number of benzene rings is 2. The van der Waals surface area contributed by atoms with Gasteiger partial charge < -0.3 is 0 Å². The number of rotatable bonds is 3. The van der Waals surface area contributed by atoms with Gasteiger partial charge in [-0.25, -0.2) is 4.76 Å². The van der Waals surface area contributed by atoms with Crippen LogP contribution in [0.5, 0.6) is 0 Å². The molecule has 0 aromatic heterocycles. The predicted molar refractivity (Wildman–Crippen MR) is 71.9 cm³/mol. The number of nitrogens with two attached hydrogens (primary N) is 1. The Bertz CT molecular complexity index is 552. The van der Waals surface area contributed by atoms with E-state index in [9.17, 15) is 4.57 Å². The van der Waals surface area contributed by atoms with Crippen LogP contribution in [0.2, 0.25) is 0 Å². The molecule has 17 heavy (non-hydrogen) atoms. The van der Waals surface area contributed by atoms with E-state index in [4.69, 9.17) is 5.50 Å². The number of hydrogen-bond acceptors (Lipinski definition) is 1. The van der Waals surface area contributed by atoms with Gasteiger partial charge in [-0.15, -0.1) is 0 Å². The molecular formula is C13H13N2OP. The molecule has 0 fully saturated rings. The summed E-state index contributed by atoms with van der Waals surface area (Å²) < 4.78 is 16.2. The first-order valence-electron chi connectivity index (χ1n) is 5.23. The molecule has 0 spiro atoms. The molecule has 4 heteroatoms. The van der Waals surface area contributed by atoms with Gasteiger partial charge in [0.15, 0.2) is 0 Å². The second-order valence-electron chi connectivity index (χ2n) is 3.61.